The molecule has 1 aliphatic rings. The minimum Gasteiger partial charge on any atom is -0.376 e. The van der Waals surface area contributed by atoms with Gasteiger partial charge in [0.1, 0.15) is 0 Å². The van der Waals surface area contributed by atoms with Gasteiger partial charge in [-0.15, -0.1) is 0 Å². The van der Waals surface area contributed by atoms with E-state index in [2.05, 4.69) is 4.98 Å². The van der Waals surface area contributed by atoms with Gasteiger partial charge < -0.3 is 14.4 Å². The van der Waals surface area contributed by atoms with Crippen molar-refractivity contribution in [2.75, 3.05) is 25.2 Å². The summed E-state index contributed by atoms with van der Waals surface area (Å²) in [5, 5.41) is 0. The van der Waals surface area contributed by atoms with Crippen molar-refractivity contribution < 1.29 is 14.3 Å². The monoisotopic (exact) mass is 326 g/mol. The summed E-state index contributed by atoms with van der Waals surface area (Å²) < 4.78 is 11.2. The van der Waals surface area contributed by atoms with Crippen molar-refractivity contribution in [1.82, 2.24) is 4.98 Å². The molecule has 24 heavy (non-hydrogen) atoms. The quantitative estimate of drug-likeness (QED) is 0.819. The highest BCUT2D eigenvalue weighted by Gasteiger charge is 2.30. The topological polar surface area (TPSA) is 51.7 Å². The zero-order valence-corrected chi connectivity index (χ0v) is 13.8. The lowest BCUT2D eigenvalue weighted by Crippen LogP contribution is -2.41. The van der Waals surface area contributed by atoms with E-state index in [0.717, 1.165) is 30.7 Å². The molecule has 1 amide bonds. The smallest absolute Gasteiger partial charge is 0.260 e. The Morgan fingerprint density at radius 2 is 2.04 bits per heavy atom. The molecule has 0 N–H and O–H groups in total. The molecule has 1 saturated heterocycles. The summed E-state index contributed by atoms with van der Waals surface area (Å²) in [6.07, 6.45) is 4.81. The molecule has 1 fully saturated rings. The summed E-state index contributed by atoms with van der Waals surface area (Å²) in [7, 11) is 1.56. The molecule has 2 atom stereocenters. The average molecular weight is 326 g/mol. The van der Waals surface area contributed by atoms with Crippen molar-refractivity contribution in [2.24, 2.45) is 0 Å². The van der Waals surface area contributed by atoms with Crippen LogP contribution in [0.2, 0.25) is 0 Å². The number of hydrogen-bond acceptors (Lipinski definition) is 4. The van der Waals surface area contributed by atoms with E-state index in [1.165, 1.54) is 0 Å². The van der Waals surface area contributed by atoms with Crippen molar-refractivity contribution in [2.45, 2.75) is 25.0 Å². The number of ether oxygens (including phenoxy) is 2. The molecule has 0 aliphatic carbocycles. The molecule has 126 valence electrons. The Hall–Kier alpha value is -2.24. The number of carbonyl (C=O) groups excluding carboxylic acids is 1. The predicted molar refractivity (Wildman–Crippen MR) is 91.8 cm³/mol. The lowest BCUT2D eigenvalue weighted by molar-refractivity contribution is -0.129. The SMILES string of the molecule is CO[C@H](C(=O)N(C[C@H]1CCCO1)c1ccncc1)c1ccccc1. The maximum absolute atomic E-state index is 13.2. The highest BCUT2D eigenvalue weighted by molar-refractivity contribution is 5.97. The van der Waals surface area contributed by atoms with Crippen LogP contribution in [0.5, 0.6) is 0 Å². The van der Waals surface area contributed by atoms with Crippen LogP contribution in [0.15, 0.2) is 54.9 Å². The maximum atomic E-state index is 13.2. The van der Waals surface area contributed by atoms with Crippen molar-refractivity contribution in [3.8, 4) is 0 Å². The van der Waals surface area contributed by atoms with Gasteiger partial charge in [0.05, 0.1) is 12.6 Å². The van der Waals surface area contributed by atoms with E-state index < -0.39 is 6.10 Å². The zero-order chi connectivity index (χ0) is 16.8. The number of nitrogens with zero attached hydrogens (tertiary/aromatic N) is 2. The molecule has 0 spiro atoms. The van der Waals surface area contributed by atoms with Gasteiger partial charge in [0.25, 0.3) is 5.91 Å². The van der Waals surface area contributed by atoms with Crippen molar-refractivity contribution in [3.63, 3.8) is 0 Å². The van der Waals surface area contributed by atoms with Gasteiger partial charge in [0, 0.05) is 31.8 Å². The van der Waals surface area contributed by atoms with Crippen LogP contribution in [0.3, 0.4) is 0 Å². The third kappa shape index (κ3) is 3.80. The van der Waals surface area contributed by atoms with Gasteiger partial charge in [0.15, 0.2) is 6.10 Å². The molecule has 1 aromatic heterocycles. The van der Waals surface area contributed by atoms with Crippen LogP contribution in [0.1, 0.15) is 24.5 Å². The van der Waals surface area contributed by atoms with Crippen LogP contribution in [0.4, 0.5) is 5.69 Å². The van der Waals surface area contributed by atoms with Gasteiger partial charge in [-0.05, 0) is 30.5 Å². The summed E-state index contributed by atoms with van der Waals surface area (Å²) in [6, 6.07) is 13.2. The first-order chi connectivity index (χ1) is 11.8. The maximum Gasteiger partial charge on any atom is 0.260 e. The minimum absolute atomic E-state index is 0.0652. The molecule has 0 radical (unpaired) electrons. The van der Waals surface area contributed by atoms with E-state index in [1.807, 2.05) is 42.5 Å². The molecule has 5 nitrogen and oxygen atoms in total. The van der Waals surface area contributed by atoms with Gasteiger partial charge in [-0.25, -0.2) is 0 Å². The molecule has 5 heteroatoms. The fourth-order valence-electron chi connectivity index (χ4n) is 2.99. The number of rotatable bonds is 6. The second-order valence-electron chi connectivity index (χ2n) is 5.82. The van der Waals surface area contributed by atoms with E-state index in [0.29, 0.717) is 6.54 Å². The van der Waals surface area contributed by atoms with Gasteiger partial charge in [0.2, 0.25) is 0 Å². The lowest BCUT2D eigenvalue weighted by Gasteiger charge is -2.29. The zero-order valence-electron chi connectivity index (χ0n) is 13.8. The lowest BCUT2D eigenvalue weighted by atomic mass is 10.1. The second kappa shape index (κ2) is 8.04. The van der Waals surface area contributed by atoms with E-state index in [9.17, 15) is 4.79 Å². The van der Waals surface area contributed by atoms with E-state index in [-0.39, 0.29) is 12.0 Å². The van der Waals surface area contributed by atoms with Crippen LogP contribution in [0.25, 0.3) is 0 Å². The van der Waals surface area contributed by atoms with Crippen molar-refractivity contribution in [1.29, 1.82) is 0 Å². The van der Waals surface area contributed by atoms with Gasteiger partial charge >= 0.3 is 0 Å². The van der Waals surface area contributed by atoms with E-state index >= 15 is 0 Å². The Balaban J connectivity index is 1.87. The highest BCUT2D eigenvalue weighted by Crippen LogP contribution is 2.25. The van der Waals surface area contributed by atoms with Gasteiger partial charge in [-0.2, -0.15) is 0 Å². The summed E-state index contributed by atoms with van der Waals surface area (Å²) in [6.45, 7) is 1.28. The third-order valence-corrected chi connectivity index (χ3v) is 4.21. The standard InChI is InChI=1S/C19H22N2O3/c1-23-18(15-6-3-2-4-7-15)19(22)21(14-17-8-5-13-24-17)16-9-11-20-12-10-16/h2-4,6-7,9-12,17-18H,5,8,13-14H2,1H3/t17-,18+/m1/s1. The number of methoxy groups -OCH3 is 1. The molecule has 1 aromatic carbocycles. The van der Waals surface area contributed by atoms with Crippen LogP contribution in [-0.4, -0.2) is 37.3 Å². The normalized spacial score (nSPS) is 18.3. The Kier molecular flexibility index (Phi) is 5.56. The number of aromatic nitrogens is 1. The number of carbonyl (C=O) groups is 1. The summed E-state index contributed by atoms with van der Waals surface area (Å²) in [5.41, 5.74) is 1.65. The van der Waals surface area contributed by atoms with E-state index in [1.54, 1.807) is 24.4 Å². The Morgan fingerprint density at radius 1 is 1.29 bits per heavy atom. The molecular formula is C19H22N2O3. The van der Waals surface area contributed by atoms with Gasteiger partial charge in [-0.3, -0.25) is 9.78 Å². The first-order valence-electron chi connectivity index (χ1n) is 8.20. The Labute approximate surface area is 142 Å². The first kappa shape index (κ1) is 16.6. The Morgan fingerprint density at radius 3 is 2.67 bits per heavy atom. The number of anilines is 1. The van der Waals surface area contributed by atoms with Crippen LogP contribution in [0, 0.1) is 0 Å². The molecule has 2 aromatic rings. The number of hydrogen-bond donors (Lipinski definition) is 0. The molecule has 2 heterocycles. The molecular weight excluding hydrogens is 304 g/mol. The summed E-state index contributed by atoms with van der Waals surface area (Å²) >= 11 is 0. The molecule has 0 unspecified atom stereocenters. The van der Waals surface area contributed by atoms with Crippen molar-refractivity contribution >= 4 is 11.6 Å². The van der Waals surface area contributed by atoms with Crippen LogP contribution >= 0.6 is 0 Å². The largest absolute Gasteiger partial charge is 0.376 e. The molecule has 3 rings (SSSR count). The second-order valence-corrected chi connectivity index (χ2v) is 5.82. The summed E-state index contributed by atoms with van der Waals surface area (Å²) in [5.74, 6) is -0.0922. The number of benzene rings is 1. The van der Waals surface area contributed by atoms with Gasteiger partial charge in [-0.1, -0.05) is 30.3 Å². The third-order valence-electron chi connectivity index (χ3n) is 4.21. The predicted octanol–water partition coefficient (Wildman–Crippen LogP) is 2.98. The minimum atomic E-state index is -0.638. The number of amides is 1. The first-order valence-corrected chi connectivity index (χ1v) is 8.20. The summed E-state index contributed by atoms with van der Waals surface area (Å²) in [4.78, 5) is 19.0. The van der Waals surface area contributed by atoms with Crippen LogP contribution in [-0.2, 0) is 14.3 Å². The van der Waals surface area contributed by atoms with Crippen molar-refractivity contribution in [3.05, 3.63) is 60.4 Å². The number of pyridine rings is 1. The van der Waals surface area contributed by atoms with Crippen LogP contribution < -0.4 is 4.90 Å². The molecule has 1 aliphatic heterocycles. The highest BCUT2D eigenvalue weighted by atomic mass is 16.5. The molecule has 0 bridgehead atoms. The fraction of sp³-hybridized carbons (Fsp3) is 0.368. The van der Waals surface area contributed by atoms with E-state index in [4.69, 9.17) is 9.47 Å². The molecule has 0 saturated carbocycles. The average Bonchev–Trinajstić information content (AvgIpc) is 3.15. The fourth-order valence-corrected chi connectivity index (χ4v) is 2.99. The Bertz CT molecular complexity index is 642.